The summed E-state index contributed by atoms with van der Waals surface area (Å²) in [6, 6.07) is 8.14. The molecule has 0 fully saturated rings. The van der Waals surface area contributed by atoms with Crippen molar-refractivity contribution >= 4 is 33.8 Å². The number of fused-ring (bicyclic) bond motifs is 3. The Morgan fingerprint density at radius 3 is 2.45 bits per heavy atom. The molecule has 0 radical (unpaired) electrons. The number of hydrogen-bond acceptors (Lipinski definition) is 1. The van der Waals surface area contributed by atoms with E-state index in [0.717, 1.165) is 37.3 Å². The second-order valence-electron chi connectivity index (χ2n) is 6.18. The number of pyridine rings is 1. The highest BCUT2D eigenvalue weighted by Gasteiger charge is 2.24. The van der Waals surface area contributed by atoms with Crippen LogP contribution >= 0.6 is 11.6 Å². The Labute approximate surface area is 124 Å². The molecule has 0 N–H and O–H groups in total. The molecule has 0 aliphatic heterocycles. The van der Waals surface area contributed by atoms with Gasteiger partial charge in [-0.05, 0) is 26.0 Å². The molecule has 20 heavy (non-hydrogen) atoms. The van der Waals surface area contributed by atoms with E-state index in [1.807, 2.05) is 12.1 Å². The van der Waals surface area contributed by atoms with Gasteiger partial charge >= 0.3 is 0 Å². The number of benzene rings is 1. The van der Waals surface area contributed by atoms with E-state index in [4.69, 9.17) is 16.6 Å². The molecule has 1 aromatic carbocycles. The van der Waals surface area contributed by atoms with E-state index >= 15 is 0 Å². The third-order valence-corrected chi connectivity index (χ3v) is 3.99. The lowest BCUT2D eigenvalue weighted by molar-refractivity contribution is 0.466. The Hall–Kier alpha value is -1.58. The van der Waals surface area contributed by atoms with Crippen molar-refractivity contribution in [1.29, 1.82) is 0 Å². The van der Waals surface area contributed by atoms with E-state index in [-0.39, 0.29) is 0 Å². The summed E-state index contributed by atoms with van der Waals surface area (Å²) in [7, 11) is 6.49. The first kappa shape index (κ1) is 13.4. The predicted molar refractivity (Wildman–Crippen MR) is 86.7 cm³/mol. The van der Waals surface area contributed by atoms with Gasteiger partial charge in [-0.15, -0.1) is 0 Å². The van der Waals surface area contributed by atoms with Crippen LogP contribution in [0.25, 0.3) is 16.4 Å². The van der Waals surface area contributed by atoms with Gasteiger partial charge in [-0.25, -0.2) is 4.98 Å². The van der Waals surface area contributed by atoms with Gasteiger partial charge in [0.25, 0.3) is 0 Å². The molecule has 0 saturated carbocycles. The zero-order valence-corrected chi connectivity index (χ0v) is 13.3. The quantitative estimate of drug-likeness (QED) is 0.620. The highest BCUT2D eigenvalue weighted by Crippen LogP contribution is 2.33. The number of hydrogen-bond donors (Lipinski definition) is 0. The highest BCUT2D eigenvalue weighted by molar-refractivity contribution is 6.36. The monoisotopic (exact) mass is 288 g/mol. The molecule has 0 aliphatic rings. The zero-order chi connectivity index (χ0) is 14.7. The van der Waals surface area contributed by atoms with Crippen molar-refractivity contribution in [2.75, 3.05) is 21.1 Å². The summed E-state index contributed by atoms with van der Waals surface area (Å²) in [4.78, 5) is 4.80. The van der Waals surface area contributed by atoms with Gasteiger partial charge in [0.15, 0.2) is 0 Å². The van der Waals surface area contributed by atoms with Crippen LogP contribution in [0, 0.1) is 13.8 Å². The van der Waals surface area contributed by atoms with Crippen LogP contribution in [0.2, 0.25) is 5.02 Å². The fourth-order valence-corrected chi connectivity index (χ4v) is 3.20. The van der Waals surface area contributed by atoms with Gasteiger partial charge in [-0.2, -0.15) is 0 Å². The molecule has 0 saturated heterocycles. The van der Waals surface area contributed by atoms with Gasteiger partial charge in [-0.1, -0.05) is 23.7 Å². The SMILES string of the molecule is Cc1nc2c3cccc(Cl)c3cc(C)n2c1[N+](C)(C)C. The van der Waals surface area contributed by atoms with Crippen molar-refractivity contribution in [3.05, 3.63) is 40.7 Å². The molecular weight excluding hydrogens is 270 g/mol. The summed E-state index contributed by atoms with van der Waals surface area (Å²) in [5.41, 5.74) is 3.21. The summed E-state index contributed by atoms with van der Waals surface area (Å²) in [6.07, 6.45) is 0. The molecule has 2 aromatic heterocycles. The third kappa shape index (κ3) is 1.81. The first-order chi connectivity index (χ1) is 9.30. The number of aryl methyl sites for hydroxylation is 2. The Bertz CT molecular complexity index is 825. The average molecular weight is 289 g/mol. The minimum Gasteiger partial charge on any atom is -0.281 e. The Morgan fingerprint density at radius 2 is 1.80 bits per heavy atom. The molecular formula is C16H19ClN3+. The lowest BCUT2D eigenvalue weighted by atomic mass is 10.1. The first-order valence-corrected chi connectivity index (χ1v) is 7.07. The number of nitrogens with zero attached hydrogens (tertiary/aromatic N) is 3. The van der Waals surface area contributed by atoms with Crippen molar-refractivity contribution < 1.29 is 0 Å². The molecule has 0 bridgehead atoms. The van der Waals surface area contributed by atoms with E-state index < -0.39 is 0 Å². The largest absolute Gasteiger partial charge is 0.281 e. The molecule has 4 heteroatoms. The number of halogens is 1. The van der Waals surface area contributed by atoms with Crippen molar-refractivity contribution in [2.24, 2.45) is 0 Å². The van der Waals surface area contributed by atoms with E-state index in [2.05, 4.69) is 51.5 Å². The molecule has 104 valence electrons. The molecule has 2 heterocycles. The molecule has 0 aliphatic carbocycles. The van der Waals surface area contributed by atoms with Gasteiger partial charge in [0, 0.05) is 21.5 Å². The fraction of sp³-hybridized carbons (Fsp3) is 0.312. The van der Waals surface area contributed by atoms with E-state index in [0.29, 0.717) is 0 Å². The van der Waals surface area contributed by atoms with E-state index in [9.17, 15) is 0 Å². The predicted octanol–water partition coefficient (Wildman–Crippen LogP) is 3.95. The molecule has 3 aromatic rings. The normalized spacial score (nSPS) is 12.5. The summed E-state index contributed by atoms with van der Waals surface area (Å²) in [5.74, 6) is 1.21. The fourth-order valence-electron chi connectivity index (χ4n) is 2.97. The first-order valence-electron chi connectivity index (χ1n) is 6.69. The van der Waals surface area contributed by atoms with Crippen LogP contribution in [0.3, 0.4) is 0 Å². The van der Waals surface area contributed by atoms with Crippen LogP contribution in [-0.2, 0) is 0 Å². The third-order valence-electron chi connectivity index (χ3n) is 3.66. The lowest BCUT2D eigenvalue weighted by Gasteiger charge is -2.24. The van der Waals surface area contributed by atoms with Crippen molar-refractivity contribution in [1.82, 2.24) is 13.9 Å². The van der Waals surface area contributed by atoms with Crippen LogP contribution in [-0.4, -0.2) is 30.5 Å². The van der Waals surface area contributed by atoms with Gasteiger partial charge in [0.1, 0.15) is 11.3 Å². The highest BCUT2D eigenvalue weighted by atomic mass is 35.5. The van der Waals surface area contributed by atoms with Crippen LogP contribution in [0.15, 0.2) is 24.3 Å². The van der Waals surface area contributed by atoms with Gasteiger partial charge in [0.05, 0.1) is 21.1 Å². The van der Waals surface area contributed by atoms with Crippen LogP contribution in [0.5, 0.6) is 0 Å². The lowest BCUT2D eigenvalue weighted by Crippen LogP contribution is -2.36. The second kappa shape index (κ2) is 4.21. The summed E-state index contributed by atoms with van der Waals surface area (Å²) >= 11 is 6.32. The van der Waals surface area contributed by atoms with Gasteiger partial charge < -0.3 is 0 Å². The molecule has 3 nitrogen and oxygen atoms in total. The minimum atomic E-state index is 0.736. The van der Waals surface area contributed by atoms with Crippen molar-refractivity contribution in [3.8, 4) is 0 Å². The molecule has 0 amide bonds. The van der Waals surface area contributed by atoms with E-state index in [1.54, 1.807) is 0 Å². The van der Waals surface area contributed by atoms with Crippen molar-refractivity contribution in [2.45, 2.75) is 13.8 Å². The number of imidazole rings is 1. The summed E-state index contributed by atoms with van der Waals surface area (Å²) < 4.78 is 2.98. The number of aromatic nitrogens is 2. The Morgan fingerprint density at radius 1 is 1.10 bits per heavy atom. The maximum atomic E-state index is 6.32. The standard InChI is InChI=1S/C16H19ClN3/c1-10-9-13-12(7-6-8-14(13)17)15-18-11(2)16(19(10)15)20(3,4)5/h6-9H,1-5H3/q+1. The molecule has 0 unspecified atom stereocenters. The Kier molecular flexibility index (Phi) is 2.82. The van der Waals surface area contributed by atoms with Gasteiger partial charge in [0.2, 0.25) is 5.82 Å². The molecule has 0 atom stereocenters. The van der Waals surface area contributed by atoms with Gasteiger partial charge in [-0.3, -0.25) is 8.88 Å². The number of rotatable bonds is 1. The van der Waals surface area contributed by atoms with Crippen molar-refractivity contribution in [3.63, 3.8) is 0 Å². The van der Waals surface area contributed by atoms with Crippen LogP contribution in [0.4, 0.5) is 5.82 Å². The summed E-state index contributed by atoms with van der Waals surface area (Å²) in [6.45, 7) is 4.18. The van der Waals surface area contributed by atoms with Crippen LogP contribution in [0.1, 0.15) is 11.4 Å². The van der Waals surface area contributed by atoms with Crippen LogP contribution < -0.4 is 4.48 Å². The zero-order valence-electron chi connectivity index (χ0n) is 12.5. The van der Waals surface area contributed by atoms with E-state index in [1.165, 1.54) is 5.82 Å². The number of quaternary nitrogens is 1. The topological polar surface area (TPSA) is 17.3 Å². The smallest absolute Gasteiger partial charge is 0.235 e. The average Bonchev–Trinajstić information content (AvgIpc) is 2.69. The molecule has 0 spiro atoms. The minimum absolute atomic E-state index is 0.736. The maximum Gasteiger partial charge on any atom is 0.235 e. The maximum absolute atomic E-state index is 6.32. The Balaban J connectivity index is 2.57. The second-order valence-corrected chi connectivity index (χ2v) is 6.59. The summed E-state index contributed by atoms with van der Waals surface area (Å²) in [5, 5.41) is 2.95. The molecule has 3 rings (SSSR count).